The van der Waals surface area contributed by atoms with E-state index in [1.54, 1.807) is 0 Å². The molecule has 1 N–H and O–H groups in total. The van der Waals surface area contributed by atoms with Crippen LogP contribution in [0.5, 0.6) is 0 Å². The maximum Gasteiger partial charge on any atom is 0.260 e. The Bertz CT molecular complexity index is 527. The monoisotopic (exact) mass is 240 g/mol. The molecule has 0 saturated heterocycles. The minimum Gasteiger partial charge on any atom is -0.452 e. The first-order chi connectivity index (χ1) is 7.68. The molecule has 0 aliphatic heterocycles. The van der Waals surface area contributed by atoms with Gasteiger partial charge in [-0.15, -0.1) is 0 Å². The van der Waals surface area contributed by atoms with Gasteiger partial charge in [-0.3, -0.25) is 9.78 Å². The Morgan fingerprint density at radius 2 is 2.31 bits per heavy atom. The Morgan fingerprint density at radius 1 is 1.50 bits per heavy atom. The van der Waals surface area contributed by atoms with Gasteiger partial charge < -0.3 is 9.73 Å². The maximum atomic E-state index is 13.2. The molecule has 0 unspecified atom stereocenters. The average molecular weight is 241 g/mol. The number of rotatable bonds is 2. The molecule has 0 saturated carbocycles. The van der Waals surface area contributed by atoms with Gasteiger partial charge in [0, 0.05) is 6.20 Å². The van der Waals surface area contributed by atoms with Crippen LogP contribution in [0.2, 0.25) is 5.22 Å². The summed E-state index contributed by atoms with van der Waals surface area (Å²) in [7, 11) is 0. The summed E-state index contributed by atoms with van der Waals surface area (Å²) in [5.41, 5.74) is 0.190. The molecule has 0 aliphatic carbocycles. The van der Waals surface area contributed by atoms with E-state index in [2.05, 4.69) is 10.3 Å². The molecule has 2 aromatic heterocycles. The lowest BCUT2D eigenvalue weighted by atomic mass is 10.3. The summed E-state index contributed by atoms with van der Waals surface area (Å²) in [5.74, 6) is -1.15. The van der Waals surface area contributed by atoms with Gasteiger partial charge in [0.1, 0.15) is 0 Å². The van der Waals surface area contributed by atoms with Crippen molar-refractivity contribution in [2.75, 3.05) is 5.32 Å². The standard InChI is InChI=1S/C10H6ClFN2O2/c11-9-6(2-4-16-9)10(15)14-8-1-3-13-5-7(8)12/h1-5H,(H,13,14,15). The number of furan rings is 1. The number of pyridine rings is 1. The molecule has 0 radical (unpaired) electrons. The number of halogens is 2. The van der Waals surface area contributed by atoms with E-state index in [4.69, 9.17) is 16.0 Å². The van der Waals surface area contributed by atoms with Crippen molar-refractivity contribution in [1.29, 1.82) is 0 Å². The summed E-state index contributed by atoms with van der Waals surface area (Å²) >= 11 is 5.61. The largest absolute Gasteiger partial charge is 0.452 e. The fourth-order valence-electron chi connectivity index (χ4n) is 1.12. The molecule has 0 fully saturated rings. The summed E-state index contributed by atoms with van der Waals surface area (Å²) < 4.78 is 17.9. The first kappa shape index (κ1) is 10.6. The first-order valence-corrected chi connectivity index (χ1v) is 4.70. The number of aromatic nitrogens is 1. The third-order valence-electron chi connectivity index (χ3n) is 1.88. The van der Waals surface area contributed by atoms with E-state index in [9.17, 15) is 9.18 Å². The van der Waals surface area contributed by atoms with Crippen LogP contribution in [0.3, 0.4) is 0 Å². The zero-order valence-corrected chi connectivity index (χ0v) is 8.66. The molecular formula is C10H6ClFN2O2. The van der Waals surface area contributed by atoms with Crippen LogP contribution in [-0.2, 0) is 0 Å². The molecule has 1 amide bonds. The minimum absolute atomic E-state index is 0.0352. The maximum absolute atomic E-state index is 13.2. The molecule has 2 rings (SSSR count). The fourth-order valence-corrected chi connectivity index (χ4v) is 1.32. The Labute approximate surface area is 95.0 Å². The third kappa shape index (κ3) is 2.04. The lowest BCUT2D eigenvalue weighted by molar-refractivity contribution is 0.102. The van der Waals surface area contributed by atoms with Crippen molar-refractivity contribution in [2.45, 2.75) is 0 Å². The van der Waals surface area contributed by atoms with Crippen LogP contribution in [0.4, 0.5) is 10.1 Å². The number of carbonyl (C=O) groups is 1. The lowest BCUT2D eigenvalue weighted by Gasteiger charge is -2.03. The Balaban J connectivity index is 2.21. The Morgan fingerprint density at radius 3 is 2.94 bits per heavy atom. The lowest BCUT2D eigenvalue weighted by Crippen LogP contribution is -2.12. The highest BCUT2D eigenvalue weighted by Crippen LogP contribution is 2.19. The number of nitrogens with zero attached hydrogens (tertiary/aromatic N) is 1. The Hall–Kier alpha value is -1.88. The van der Waals surface area contributed by atoms with E-state index in [1.165, 1.54) is 24.6 Å². The summed E-state index contributed by atoms with van der Waals surface area (Å²) in [6.45, 7) is 0. The molecule has 16 heavy (non-hydrogen) atoms. The zero-order chi connectivity index (χ0) is 11.5. The minimum atomic E-state index is -0.615. The van der Waals surface area contributed by atoms with E-state index in [0.29, 0.717) is 0 Å². The summed E-state index contributed by atoms with van der Waals surface area (Å²) in [6, 6.07) is 2.75. The van der Waals surface area contributed by atoms with Crippen molar-refractivity contribution >= 4 is 23.2 Å². The fraction of sp³-hybridized carbons (Fsp3) is 0. The van der Waals surface area contributed by atoms with Crippen LogP contribution in [0, 0.1) is 5.82 Å². The second-order valence-corrected chi connectivity index (χ2v) is 3.26. The smallest absolute Gasteiger partial charge is 0.260 e. The normalized spacial score (nSPS) is 10.1. The molecule has 4 nitrogen and oxygen atoms in total. The van der Waals surface area contributed by atoms with Crippen LogP contribution in [0.1, 0.15) is 10.4 Å². The predicted octanol–water partition coefficient (Wildman–Crippen LogP) is 2.72. The molecule has 2 aromatic rings. The third-order valence-corrected chi connectivity index (χ3v) is 2.18. The van der Waals surface area contributed by atoms with E-state index in [1.807, 2.05) is 0 Å². The van der Waals surface area contributed by atoms with Crippen molar-refractivity contribution in [2.24, 2.45) is 0 Å². The number of nitrogens with one attached hydrogen (secondary N) is 1. The average Bonchev–Trinajstić information content (AvgIpc) is 2.68. The second kappa shape index (κ2) is 4.32. The van der Waals surface area contributed by atoms with Crippen LogP contribution >= 0.6 is 11.6 Å². The van der Waals surface area contributed by atoms with Gasteiger partial charge >= 0.3 is 0 Å². The SMILES string of the molecule is O=C(Nc1ccncc1F)c1ccoc1Cl. The van der Waals surface area contributed by atoms with Gasteiger partial charge in [0.15, 0.2) is 5.82 Å². The predicted molar refractivity (Wildman–Crippen MR) is 55.9 cm³/mol. The molecule has 0 aliphatic rings. The molecule has 0 atom stereocenters. The van der Waals surface area contributed by atoms with E-state index < -0.39 is 11.7 Å². The Kier molecular flexibility index (Phi) is 2.87. The first-order valence-electron chi connectivity index (χ1n) is 4.32. The van der Waals surface area contributed by atoms with Crippen LogP contribution in [0.15, 0.2) is 35.2 Å². The quantitative estimate of drug-likeness (QED) is 0.878. The summed E-state index contributed by atoms with van der Waals surface area (Å²) in [6.07, 6.45) is 3.66. The van der Waals surface area contributed by atoms with Crippen molar-refractivity contribution < 1.29 is 13.6 Å². The van der Waals surface area contributed by atoms with E-state index in [0.717, 1.165) is 6.20 Å². The number of carbonyl (C=O) groups excluding carboxylic acids is 1. The van der Waals surface area contributed by atoms with Crippen molar-refractivity contribution in [3.05, 3.63) is 47.4 Å². The highest BCUT2D eigenvalue weighted by Gasteiger charge is 2.14. The van der Waals surface area contributed by atoms with Crippen LogP contribution in [-0.4, -0.2) is 10.9 Å². The van der Waals surface area contributed by atoms with E-state index in [-0.39, 0.29) is 16.5 Å². The number of amides is 1. The van der Waals surface area contributed by atoms with Crippen molar-refractivity contribution in [3.8, 4) is 0 Å². The molecule has 0 bridgehead atoms. The highest BCUT2D eigenvalue weighted by atomic mass is 35.5. The van der Waals surface area contributed by atoms with Crippen molar-refractivity contribution in [3.63, 3.8) is 0 Å². The highest BCUT2D eigenvalue weighted by molar-refractivity contribution is 6.32. The number of hydrogen-bond donors (Lipinski definition) is 1. The molecule has 0 aromatic carbocycles. The van der Waals surface area contributed by atoms with Gasteiger partial charge in [-0.05, 0) is 23.7 Å². The number of anilines is 1. The zero-order valence-electron chi connectivity index (χ0n) is 7.91. The summed E-state index contributed by atoms with van der Waals surface area (Å²) in [5, 5.41) is 2.32. The molecular weight excluding hydrogens is 235 g/mol. The molecule has 82 valence electrons. The number of hydrogen-bond acceptors (Lipinski definition) is 3. The van der Waals surface area contributed by atoms with Crippen LogP contribution in [0.25, 0.3) is 0 Å². The second-order valence-electron chi connectivity index (χ2n) is 2.92. The topological polar surface area (TPSA) is 55.1 Å². The van der Waals surface area contributed by atoms with Crippen molar-refractivity contribution in [1.82, 2.24) is 4.98 Å². The van der Waals surface area contributed by atoms with Gasteiger partial charge in [0.05, 0.1) is 23.7 Å². The van der Waals surface area contributed by atoms with Gasteiger partial charge in [0.25, 0.3) is 5.91 Å². The van der Waals surface area contributed by atoms with Gasteiger partial charge in [-0.1, -0.05) is 0 Å². The molecule has 2 heterocycles. The van der Waals surface area contributed by atoms with Crippen LogP contribution < -0.4 is 5.32 Å². The van der Waals surface area contributed by atoms with Gasteiger partial charge in [-0.2, -0.15) is 0 Å². The van der Waals surface area contributed by atoms with E-state index >= 15 is 0 Å². The van der Waals surface area contributed by atoms with Gasteiger partial charge in [-0.25, -0.2) is 4.39 Å². The molecule has 0 spiro atoms. The molecule has 6 heteroatoms. The van der Waals surface area contributed by atoms with Gasteiger partial charge in [0.2, 0.25) is 5.22 Å². The summed E-state index contributed by atoms with van der Waals surface area (Å²) in [4.78, 5) is 15.2.